The van der Waals surface area contributed by atoms with Crippen LogP contribution in [0.4, 0.5) is 5.13 Å². The number of hydrogen-bond acceptors (Lipinski definition) is 7. The number of nitrogens with one attached hydrogen (secondary N) is 1. The summed E-state index contributed by atoms with van der Waals surface area (Å²) in [5, 5.41) is 2.94. The van der Waals surface area contributed by atoms with Gasteiger partial charge in [0.15, 0.2) is 5.13 Å². The second-order valence-electron chi connectivity index (χ2n) is 4.83. The fraction of sp³-hybridized carbons (Fsp3) is 0.118. The molecular weight excluding hydrogens is 340 g/mol. The van der Waals surface area contributed by atoms with E-state index in [0.717, 1.165) is 11.3 Å². The molecule has 0 aliphatic carbocycles. The molecule has 25 heavy (non-hydrogen) atoms. The third kappa shape index (κ3) is 4.04. The summed E-state index contributed by atoms with van der Waals surface area (Å²) in [5.74, 6) is -0.877. The van der Waals surface area contributed by atoms with E-state index >= 15 is 0 Å². The summed E-state index contributed by atoms with van der Waals surface area (Å²) < 4.78 is 4.90. The molecule has 126 valence electrons. The van der Waals surface area contributed by atoms with E-state index in [1.807, 2.05) is 18.2 Å². The number of rotatable bonds is 5. The molecule has 3 rings (SSSR count). The number of esters is 1. The Balaban J connectivity index is 1.75. The first-order valence-electron chi connectivity index (χ1n) is 7.50. The second kappa shape index (κ2) is 7.63. The standard InChI is InChI=1S/C17H14N4O3S/c1-2-24-16(23)14-10-19-17(25-14)21-15(22)13-8-5-7-12(20-13)11-6-3-4-9-18-11/h3-10H,2H2,1H3,(H,19,21,22). The highest BCUT2D eigenvalue weighted by molar-refractivity contribution is 7.17. The van der Waals surface area contributed by atoms with Crippen molar-refractivity contribution in [2.24, 2.45) is 0 Å². The molecule has 0 aromatic carbocycles. The highest BCUT2D eigenvalue weighted by Gasteiger charge is 2.15. The van der Waals surface area contributed by atoms with Crippen LogP contribution in [0.3, 0.4) is 0 Å². The maximum Gasteiger partial charge on any atom is 0.350 e. The van der Waals surface area contributed by atoms with E-state index < -0.39 is 11.9 Å². The summed E-state index contributed by atoms with van der Waals surface area (Å²) in [6.07, 6.45) is 3.03. The lowest BCUT2D eigenvalue weighted by molar-refractivity contribution is 0.0531. The molecule has 0 unspecified atom stereocenters. The Labute approximate surface area is 147 Å². The fourth-order valence-corrected chi connectivity index (χ4v) is 2.71. The Kier molecular flexibility index (Phi) is 5.10. The zero-order valence-electron chi connectivity index (χ0n) is 13.3. The Morgan fingerprint density at radius 2 is 1.96 bits per heavy atom. The molecule has 0 aliphatic rings. The number of amides is 1. The topological polar surface area (TPSA) is 94.1 Å². The van der Waals surface area contributed by atoms with Crippen molar-refractivity contribution in [2.45, 2.75) is 6.92 Å². The van der Waals surface area contributed by atoms with Crippen LogP contribution in [0.25, 0.3) is 11.4 Å². The summed E-state index contributed by atoms with van der Waals surface area (Å²) in [5.41, 5.74) is 1.51. The van der Waals surface area contributed by atoms with Crippen LogP contribution in [-0.2, 0) is 4.74 Å². The van der Waals surface area contributed by atoms with Gasteiger partial charge in [-0.05, 0) is 31.2 Å². The molecule has 0 spiro atoms. The Morgan fingerprint density at radius 1 is 1.12 bits per heavy atom. The molecule has 3 aromatic rings. The molecule has 0 atom stereocenters. The van der Waals surface area contributed by atoms with Gasteiger partial charge in [0.05, 0.1) is 24.2 Å². The van der Waals surface area contributed by atoms with Crippen LogP contribution in [0.2, 0.25) is 0 Å². The van der Waals surface area contributed by atoms with Gasteiger partial charge in [-0.3, -0.25) is 15.1 Å². The number of ether oxygens (including phenoxy) is 1. The van der Waals surface area contributed by atoms with Crippen LogP contribution < -0.4 is 5.32 Å². The van der Waals surface area contributed by atoms with Gasteiger partial charge in [-0.2, -0.15) is 0 Å². The number of carbonyl (C=O) groups excluding carboxylic acids is 2. The number of pyridine rings is 2. The Hall–Kier alpha value is -3.13. The molecule has 8 heteroatoms. The predicted octanol–water partition coefficient (Wildman–Crippen LogP) is 3.03. The quantitative estimate of drug-likeness (QED) is 0.708. The molecule has 1 amide bonds. The summed E-state index contributed by atoms with van der Waals surface area (Å²) in [7, 11) is 0. The van der Waals surface area contributed by atoms with Gasteiger partial charge in [0, 0.05) is 6.20 Å². The summed E-state index contributed by atoms with van der Waals surface area (Å²) in [6.45, 7) is 2.00. The van der Waals surface area contributed by atoms with Gasteiger partial charge < -0.3 is 4.74 Å². The highest BCUT2D eigenvalue weighted by atomic mass is 32.1. The largest absolute Gasteiger partial charge is 0.462 e. The minimum absolute atomic E-state index is 0.232. The molecular formula is C17H14N4O3S. The molecule has 7 nitrogen and oxygen atoms in total. The average Bonchev–Trinajstić information content (AvgIpc) is 3.11. The zero-order valence-corrected chi connectivity index (χ0v) is 14.1. The van der Waals surface area contributed by atoms with E-state index in [-0.39, 0.29) is 12.3 Å². The van der Waals surface area contributed by atoms with E-state index in [4.69, 9.17) is 4.74 Å². The highest BCUT2D eigenvalue weighted by Crippen LogP contribution is 2.20. The number of anilines is 1. The van der Waals surface area contributed by atoms with Crippen molar-refractivity contribution >= 4 is 28.3 Å². The van der Waals surface area contributed by atoms with Crippen LogP contribution in [-0.4, -0.2) is 33.4 Å². The number of thiazole rings is 1. The van der Waals surface area contributed by atoms with Crippen LogP contribution in [0.1, 0.15) is 27.1 Å². The second-order valence-corrected chi connectivity index (χ2v) is 5.86. The van der Waals surface area contributed by atoms with Crippen LogP contribution in [0, 0.1) is 0 Å². The van der Waals surface area contributed by atoms with E-state index in [0.29, 0.717) is 21.4 Å². The monoisotopic (exact) mass is 354 g/mol. The smallest absolute Gasteiger partial charge is 0.350 e. The van der Waals surface area contributed by atoms with E-state index in [1.165, 1.54) is 6.20 Å². The zero-order chi connectivity index (χ0) is 17.6. The van der Waals surface area contributed by atoms with Crippen molar-refractivity contribution in [3.8, 4) is 11.4 Å². The van der Waals surface area contributed by atoms with Crippen molar-refractivity contribution in [1.29, 1.82) is 0 Å². The maximum atomic E-state index is 12.4. The van der Waals surface area contributed by atoms with E-state index in [9.17, 15) is 9.59 Å². The molecule has 0 saturated heterocycles. The van der Waals surface area contributed by atoms with Crippen LogP contribution in [0.15, 0.2) is 48.8 Å². The third-order valence-corrected chi connectivity index (χ3v) is 4.00. The van der Waals surface area contributed by atoms with Gasteiger partial charge in [0.1, 0.15) is 10.6 Å². The minimum Gasteiger partial charge on any atom is -0.462 e. The van der Waals surface area contributed by atoms with Crippen LogP contribution >= 0.6 is 11.3 Å². The average molecular weight is 354 g/mol. The first kappa shape index (κ1) is 16.7. The number of carbonyl (C=O) groups is 2. The van der Waals surface area contributed by atoms with Gasteiger partial charge in [-0.1, -0.05) is 23.5 Å². The van der Waals surface area contributed by atoms with Gasteiger partial charge in [0.25, 0.3) is 5.91 Å². The van der Waals surface area contributed by atoms with Gasteiger partial charge in [0.2, 0.25) is 0 Å². The van der Waals surface area contributed by atoms with Crippen molar-refractivity contribution in [3.05, 3.63) is 59.4 Å². The molecule has 1 N–H and O–H groups in total. The molecule has 0 saturated carbocycles. The number of hydrogen-bond donors (Lipinski definition) is 1. The molecule has 0 fully saturated rings. The molecule has 0 bridgehead atoms. The normalized spacial score (nSPS) is 10.3. The van der Waals surface area contributed by atoms with Crippen molar-refractivity contribution in [3.63, 3.8) is 0 Å². The maximum absolute atomic E-state index is 12.4. The SMILES string of the molecule is CCOC(=O)c1cnc(NC(=O)c2cccc(-c3ccccn3)n2)s1. The number of nitrogens with zero attached hydrogens (tertiary/aromatic N) is 3. The lowest BCUT2D eigenvalue weighted by Gasteiger charge is -2.04. The first-order chi connectivity index (χ1) is 12.2. The third-order valence-electron chi connectivity index (χ3n) is 3.11. The number of aromatic nitrogens is 3. The Morgan fingerprint density at radius 3 is 2.72 bits per heavy atom. The van der Waals surface area contributed by atoms with Gasteiger partial charge >= 0.3 is 5.97 Å². The van der Waals surface area contributed by atoms with E-state index in [1.54, 1.807) is 31.3 Å². The molecule has 0 radical (unpaired) electrons. The van der Waals surface area contributed by atoms with Crippen molar-refractivity contribution in [1.82, 2.24) is 15.0 Å². The molecule has 3 aromatic heterocycles. The summed E-state index contributed by atoms with van der Waals surface area (Å²) in [6, 6.07) is 10.6. The van der Waals surface area contributed by atoms with E-state index in [2.05, 4.69) is 20.3 Å². The fourth-order valence-electron chi connectivity index (χ4n) is 2.01. The lowest BCUT2D eigenvalue weighted by Crippen LogP contribution is -2.13. The molecule has 3 heterocycles. The minimum atomic E-state index is -0.462. The van der Waals surface area contributed by atoms with Crippen LogP contribution in [0.5, 0.6) is 0 Å². The lowest BCUT2D eigenvalue weighted by atomic mass is 10.2. The summed E-state index contributed by atoms with van der Waals surface area (Å²) in [4.78, 5) is 36.9. The van der Waals surface area contributed by atoms with Crippen molar-refractivity contribution < 1.29 is 14.3 Å². The van der Waals surface area contributed by atoms with Gasteiger partial charge in [-0.25, -0.2) is 14.8 Å². The molecule has 0 aliphatic heterocycles. The van der Waals surface area contributed by atoms with Crippen molar-refractivity contribution in [2.75, 3.05) is 11.9 Å². The Bertz CT molecular complexity index is 896. The first-order valence-corrected chi connectivity index (χ1v) is 8.32. The van der Waals surface area contributed by atoms with Gasteiger partial charge in [-0.15, -0.1) is 0 Å². The summed E-state index contributed by atoms with van der Waals surface area (Å²) >= 11 is 1.05. The predicted molar refractivity (Wildman–Crippen MR) is 93.5 cm³/mol.